The van der Waals surface area contributed by atoms with Gasteiger partial charge in [0.1, 0.15) is 0 Å². The molecule has 1 N–H and O–H groups in total. The van der Waals surface area contributed by atoms with Crippen molar-refractivity contribution in [3.05, 3.63) is 23.8 Å². The fraction of sp³-hybridized carbons (Fsp3) is 0.600. The topological polar surface area (TPSA) is 47.6 Å². The lowest BCUT2D eigenvalue weighted by Gasteiger charge is -2.36. The molecule has 0 amide bonds. The van der Waals surface area contributed by atoms with Crippen molar-refractivity contribution in [2.45, 2.75) is 31.8 Å². The van der Waals surface area contributed by atoms with Gasteiger partial charge in [0.25, 0.3) is 0 Å². The second-order valence-corrected chi connectivity index (χ2v) is 7.59. The summed E-state index contributed by atoms with van der Waals surface area (Å²) in [5, 5.41) is 3.57. The molecule has 20 heavy (non-hydrogen) atoms. The zero-order chi connectivity index (χ0) is 14.2. The van der Waals surface area contributed by atoms with Gasteiger partial charge < -0.3 is 14.8 Å². The molecule has 3 rings (SSSR count). The van der Waals surface area contributed by atoms with E-state index in [-0.39, 0.29) is 11.6 Å². The predicted molar refractivity (Wildman–Crippen MR) is 79.9 cm³/mol. The molecule has 1 fully saturated rings. The monoisotopic (exact) mass is 295 g/mol. The quantitative estimate of drug-likeness (QED) is 0.861. The van der Waals surface area contributed by atoms with Gasteiger partial charge in [0, 0.05) is 40.3 Å². The summed E-state index contributed by atoms with van der Waals surface area (Å²) in [7, 11) is -0.780. The van der Waals surface area contributed by atoms with E-state index in [1.54, 1.807) is 0 Å². The molecule has 1 aromatic carbocycles. The lowest BCUT2D eigenvalue weighted by molar-refractivity contribution is 0.296. The molecule has 5 heteroatoms. The molecule has 0 saturated carbocycles. The van der Waals surface area contributed by atoms with Gasteiger partial charge in [-0.05, 0) is 31.5 Å². The van der Waals surface area contributed by atoms with Crippen LogP contribution >= 0.6 is 0 Å². The van der Waals surface area contributed by atoms with Gasteiger partial charge in [-0.1, -0.05) is 6.07 Å². The third-order valence-electron chi connectivity index (χ3n) is 3.61. The number of hydrogen-bond donors (Lipinski definition) is 1. The van der Waals surface area contributed by atoms with E-state index in [1.165, 1.54) is 0 Å². The molecule has 2 aliphatic heterocycles. The summed E-state index contributed by atoms with van der Waals surface area (Å²) in [5.41, 5.74) is 1.02. The predicted octanol–water partition coefficient (Wildman–Crippen LogP) is 2.02. The van der Waals surface area contributed by atoms with Crippen molar-refractivity contribution >= 4 is 10.8 Å². The van der Waals surface area contributed by atoms with E-state index in [1.807, 2.05) is 18.2 Å². The van der Waals surface area contributed by atoms with Gasteiger partial charge in [0.2, 0.25) is 0 Å². The largest absolute Gasteiger partial charge is 0.490 e. The Bertz CT molecular complexity index is 530. The smallest absolute Gasteiger partial charge is 0.161 e. The third-order valence-corrected chi connectivity index (χ3v) is 5.36. The van der Waals surface area contributed by atoms with Gasteiger partial charge in [0.15, 0.2) is 11.5 Å². The van der Waals surface area contributed by atoms with Gasteiger partial charge in [-0.3, -0.25) is 4.21 Å². The normalized spacial score (nSPS) is 28.7. The molecule has 2 aliphatic rings. The van der Waals surface area contributed by atoms with E-state index in [9.17, 15) is 4.21 Å². The maximum absolute atomic E-state index is 12.0. The molecule has 0 bridgehead atoms. The van der Waals surface area contributed by atoms with Crippen molar-refractivity contribution in [2.24, 2.45) is 0 Å². The Morgan fingerprint density at radius 2 is 2.00 bits per heavy atom. The van der Waals surface area contributed by atoms with Crippen molar-refractivity contribution in [3.8, 4) is 11.5 Å². The summed E-state index contributed by atoms with van der Waals surface area (Å²) < 4.78 is 23.4. The van der Waals surface area contributed by atoms with Crippen LogP contribution in [0.2, 0.25) is 0 Å². The minimum absolute atomic E-state index is 0.0993. The van der Waals surface area contributed by atoms with Crippen molar-refractivity contribution in [1.29, 1.82) is 0 Å². The first-order chi connectivity index (χ1) is 9.53. The van der Waals surface area contributed by atoms with Crippen LogP contribution in [0.3, 0.4) is 0 Å². The number of fused-ring (bicyclic) bond motifs is 1. The minimum atomic E-state index is -0.780. The number of ether oxygens (including phenoxy) is 2. The van der Waals surface area contributed by atoms with Crippen molar-refractivity contribution in [2.75, 3.05) is 24.7 Å². The van der Waals surface area contributed by atoms with Crippen LogP contribution < -0.4 is 14.8 Å². The Labute approximate surface area is 122 Å². The molecule has 2 atom stereocenters. The van der Waals surface area contributed by atoms with Crippen LogP contribution in [-0.4, -0.2) is 34.5 Å². The van der Waals surface area contributed by atoms with E-state index in [2.05, 4.69) is 19.2 Å². The molecule has 0 aromatic heterocycles. The van der Waals surface area contributed by atoms with Crippen LogP contribution in [0.5, 0.6) is 11.5 Å². The molecule has 4 nitrogen and oxygen atoms in total. The molecule has 1 aromatic rings. The van der Waals surface area contributed by atoms with Crippen LogP contribution in [0.4, 0.5) is 0 Å². The summed E-state index contributed by atoms with van der Waals surface area (Å²) in [6.45, 7) is 5.58. The van der Waals surface area contributed by atoms with Crippen LogP contribution in [-0.2, 0) is 10.8 Å². The molecule has 0 spiro atoms. The fourth-order valence-electron chi connectivity index (χ4n) is 2.78. The van der Waals surface area contributed by atoms with Crippen LogP contribution in [0.15, 0.2) is 18.2 Å². The average Bonchev–Trinajstić information content (AvgIpc) is 2.60. The minimum Gasteiger partial charge on any atom is -0.490 e. The van der Waals surface area contributed by atoms with Gasteiger partial charge in [-0.25, -0.2) is 0 Å². The number of rotatable bonds is 1. The maximum Gasteiger partial charge on any atom is 0.161 e. The lowest BCUT2D eigenvalue weighted by Crippen LogP contribution is -2.52. The Morgan fingerprint density at radius 3 is 2.75 bits per heavy atom. The first kappa shape index (κ1) is 13.9. The Balaban J connectivity index is 1.87. The summed E-state index contributed by atoms with van der Waals surface area (Å²) >= 11 is 0. The van der Waals surface area contributed by atoms with Gasteiger partial charge >= 0.3 is 0 Å². The second-order valence-electron chi connectivity index (χ2n) is 6.09. The third kappa shape index (κ3) is 2.99. The zero-order valence-electron chi connectivity index (χ0n) is 12.0. The Hall–Kier alpha value is -1.07. The number of hydrogen-bond acceptors (Lipinski definition) is 4. The summed E-state index contributed by atoms with van der Waals surface area (Å²) in [6.07, 6.45) is 0.905. The highest BCUT2D eigenvalue weighted by atomic mass is 32.2. The highest BCUT2D eigenvalue weighted by Gasteiger charge is 2.32. The van der Waals surface area contributed by atoms with E-state index in [4.69, 9.17) is 9.47 Å². The number of benzene rings is 1. The molecule has 1 saturated heterocycles. The summed E-state index contributed by atoms with van der Waals surface area (Å²) in [6, 6.07) is 6.14. The van der Waals surface area contributed by atoms with Crippen molar-refractivity contribution in [3.63, 3.8) is 0 Å². The van der Waals surface area contributed by atoms with Gasteiger partial charge in [0.05, 0.1) is 13.2 Å². The molecule has 2 heterocycles. The molecule has 0 radical (unpaired) electrons. The maximum atomic E-state index is 12.0. The van der Waals surface area contributed by atoms with E-state index in [0.717, 1.165) is 23.5 Å². The van der Waals surface area contributed by atoms with Crippen LogP contribution in [0.25, 0.3) is 0 Å². The summed E-state index contributed by atoms with van der Waals surface area (Å²) in [5.74, 6) is 2.97. The average molecular weight is 295 g/mol. The fourth-order valence-corrected chi connectivity index (χ4v) is 4.43. The van der Waals surface area contributed by atoms with E-state index >= 15 is 0 Å². The first-order valence-corrected chi connectivity index (χ1v) is 8.54. The van der Waals surface area contributed by atoms with Crippen molar-refractivity contribution < 1.29 is 13.7 Å². The standard InChI is InChI=1S/C15H21NO3S/c1-15(2)10-20(17)9-12(16-15)11-4-5-13-14(8-11)19-7-3-6-18-13/h4-5,8,12,16H,3,6-7,9-10H2,1-2H3. The molecular formula is C15H21NO3S. The highest BCUT2D eigenvalue weighted by Crippen LogP contribution is 2.34. The Kier molecular flexibility index (Phi) is 3.73. The molecule has 0 aliphatic carbocycles. The van der Waals surface area contributed by atoms with Gasteiger partial charge in [-0.15, -0.1) is 0 Å². The van der Waals surface area contributed by atoms with Crippen molar-refractivity contribution in [1.82, 2.24) is 5.32 Å². The van der Waals surface area contributed by atoms with Gasteiger partial charge in [-0.2, -0.15) is 0 Å². The van der Waals surface area contributed by atoms with E-state index in [0.29, 0.717) is 24.7 Å². The zero-order valence-corrected chi connectivity index (χ0v) is 12.8. The molecule has 110 valence electrons. The second kappa shape index (κ2) is 5.37. The highest BCUT2D eigenvalue weighted by molar-refractivity contribution is 7.85. The van der Waals surface area contributed by atoms with E-state index < -0.39 is 10.8 Å². The van der Waals surface area contributed by atoms with Crippen LogP contribution in [0.1, 0.15) is 31.9 Å². The number of nitrogens with one attached hydrogen (secondary N) is 1. The SMILES string of the molecule is CC1(C)CS(=O)CC(c2ccc3c(c2)OCCCO3)N1. The Morgan fingerprint density at radius 1 is 1.25 bits per heavy atom. The lowest BCUT2D eigenvalue weighted by atomic mass is 10.0. The first-order valence-electron chi connectivity index (χ1n) is 7.06. The molecule has 2 unspecified atom stereocenters. The van der Waals surface area contributed by atoms with Crippen LogP contribution in [0, 0.1) is 0 Å². The molecular weight excluding hydrogens is 274 g/mol. The summed E-state index contributed by atoms with van der Waals surface area (Å²) in [4.78, 5) is 0.